The lowest BCUT2D eigenvalue weighted by molar-refractivity contribution is 0.0134. The highest BCUT2D eigenvalue weighted by molar-refractivity contribution is 4.68. The van der Waals surface area contributed by atoms with Gasteiger partial charge in [-0.25, -0.2) is 0 Å². The Kier molecular flexibility index (Phi) is 22.4. The molecule has 0 aliphatic heterocycles. The molecule has 0 aromatic rings. The van der Waals surface area contributed by atoms with Crippen LogP contribution in [0.4, 0.5) is 0 Å². The number of nitrogens with zero attached hydrogens (tertiary/aromatic N) is 4. The first-order valence-corrected chi connectivity index (χ1v) is 13.3. The van der Waals surface area contributed by atoms with Gasteiger partial charge in [0.2, 0.25) is 0 Å². The molecule has 0 saturated carbocycles. The molecule has 0 rings (SSSR count). The third kappa shape index (κ3) is 22.9. The standard InChI is InChI=1S/C26H58N4O2/c1-7-8-9-10-11-12-13-14-15-16-23-32-25-26(31)24-30(21-18-28(4)5)22-20-29(6)19-17-27(2)3/h26,31H,7-25H2,1-6H3. The van der Waals surface area contributed by atoms with Gasteiger partial charge in [-0.1, -0.05) is 64.7 Å². The van der Waals surface area contributed by atoms with E-state index in [1.54, 1.807) is 0 Å². The number of hydrogen-bond acceptors (Lipinski definition) is 6. The molecule has 194 valence electrons. The maximum Gasteiger partial charge on any atom is 0.0900 e. The van der Waals surface area contributed by atoms with Crippen molar-refractivity contribution in [2.45, 2.75) is 77.2 Å². The Morgan fingerprint density at radius 3 is 1.66 bits per heavy atom. The van der Waals surface area contributed by atoms with E-state index in [1.165, 1.54) is 57.8 Å². The molecule has 0 aromatic heterocycles. The summed E-state index contributed by atoms with van der Waals surface area (Å²) in [7, 11) is 10.6. The third-order valence-corrected chi connectivity index (χ3v) is 6.01. The average Bonchev–Trinajstić information content (AvgIpc) is 2.74. The molecule has 0 heterocycles. The number of rotatable bonds is 24. The smallest absolute Gasteiger partial charge is 0.0900 e. The van der Waals surface area contributed by atoms with Gasteiger partial charge in [-0.2, -0.15) is 0 Å². The molecule has 0 aliphatic rings. The Hall–Kier alpha value is -0.240. The monoisotopic (exact) mass is 458 g/mol. The van der Waals surface area contributed by atoms with Gasteiger partial charge in [0.15, 0.2) is 0 Å². The van der Waals surface area contributed by atoms with Gasteiger partial charge >= 0.3 is 0 Å². The van der Waals surface area contributed by atoms with E-state index in [-0.39, 0.29) is 0 Å². The van der Waals surface area contributed by atoms with Crippen molar-refractivity contribution in [3.05, 3.63) is 0 Å². The summed E-state index contributed by atoms with van der Waals surface area (Å²) in [4.78, 5) is 9.17. The number of aliphatic hydroxyl groups excluding tert-OH is 1. The SMILES string of the molecule is CCCCCCCCCCCCOCC(O)CN(CCN(C)C)CCN(C)CCN(C)C. The Morgan fingerprint density at radius 1 is 0.625 bits per heavy atom. The second-order valence-electron chi connectivity index (χ2n) is 10.1. The zero-order valence-electron chi connectivity index (χ0n) is 22.7. The van der Waals surface area contributed by atoms with Crippen LogP contribution in [0.3, 0.4) is 0 Å². The summed E-state index contributed by atoms with van der Waals surface area (Å²) in [6.07, 6.45) is 13.0. The zero-order chi connectivity index (χ0) is 24.0. The van der Waals surface area contributed by atoms with E-state index in [0.717, 1.165) is 52.3 Å². The molecule has 0 saturated heterocycles. The summed E-state index contributed by atoms with van der Waals surface area (Å²) in [5.41, 5.74) is 0. The molecule has 0 spiro atoms. The molecule has 0 fully saturated rings. The Morgan fingerprint density at radius 2 is 1.09 bits per heavy atom. The van der Waals surface area contributed by atoms with E-state index in [1.807, 2.05) is 0 Å². The first-order valence-electron chi connectivity index (χ1n) is 13.3. The van der Waals surface area contributed by atoms with E-state index >= 15 is 0 Å². The third-order valence-electron chi connectivity index (χ3n) is 6.01. The van der Waals surface area contributed by atoms with Gasteiger partial charge in [0.1, 0.15) is 0 Å². The fourth-order valence-corrected chi connectivity index (χ4v) is 3.69. The minimum Gasteiger partial charge on any atom is -0.389 e. The van der Waals surface area contributed by atoms with Gasteiger partial charge in [0.25, 0.3) is 0 Å². The highest BCUT2D eigenvalue weighted by Gasteiger charge is 2.13. The van der Waals surface area contributed by atoms with E-state index in [0.29, 0.717) is 13.2 Å². The van der Waals surface area contributed by atoms with Crippen molar-refractivity contribution >= 4 is 0 Å². The number of likely N-dealkylation sites (N-methyl/N-ethyl adjacent to an activating group) is 3. The van der Waals surface area contributed by atoms with Gasteiger partial charge in [-0.3, -0.25) is 4.90 Å². The predicted molar refractivity (Wildman–Crippen MR) is 140 cm³/mol. The molecule has 1 atom stereocenters. The lowest BCUT2D eigenvalue weighted by Crippen LogP contribution is -2.43. The molecule has 6 nitrogen and oxygen atoms in total. The summed E-state index contributed by atoms with van der Waals surface area (Å²) in [5.74, 6) is 0. The number of hydrogen-bond donors (Lipinski definition) is 1. The van der Waals surface area contributed by atoms with Crippen molar-refractivity contribution in [3.63, 3.8) is 0 Å². The highest BCUT2D eigenvalue weighted by atomic mass is 16.5. The molecule has 1 N–H and O–H groups in total. The Balaban J connectivity index is 3.87. The van der Waals surface area contributed by atoms with Crippen molar-refractivity contribution in [1.29, 1.82) is 0 Å². The molecule has 0 amide bonds. The normalized spacial score (nSPS) is 13.2. The van der Waals surface area contributed by atoms with Crippen molar-refractivity contribution in [3.8, 4) is 0 Å². The van der Waals surface area contributed by atoms with Crippen LogP contribution in [0.25, 0.3) is 0 Å². The van der Waals surface area contributed by atoms with Gasteiger partial charge in [-0.15, -0.1) is 0 Å². The quantitative estimate of drug-likeness (QED) is 0.223. The molecular formula is C26H58N4O2. The lowest BCUT2D eigenvalue weighted by atomic mass is 10.1. The highest BCUT2D eigenvalue weighted by Crippen LogP contribution is 2.10. The maximum atomic E-state index is 10.5. The van der Waals surface area contributed by atoms with Crippen LogP contribution in [0.5, 0.6) is 0 Å². The van der Waals surface area contributed by atoms with Crippen molar-refractivity contribution in [1.82, 2.24) is 19.6 Å². The predicted octanol–water partition coefficient (Wildman–Crippen LogP) is 3.64. The van der Waals surface area contributed by atoms with Crippen LogP contribution in [0.15, 0.2) is 0 Å². The van der Waals surface area contributed by atoms with Gasteiger partial charge < -0.3 is 24.5 Å². The van der Waals surface area contributed by atoms with Crippen LogP contribution in [0.1, 0.15) is 71.1 Å². The number of unbranched alkanes of at least 4 members (excludes halogenated alkanes) is 9. The summed E-state index contributed by atoms with van der Waals surface area (Å²) < 4.78 is 5.78. The molecule has 32 heavy (non-hydrogen) atoms. The fourth-order valence-electron chi connectivity index (χ4n) is 3.69. The second kappa shape index (κ2) is 22.5. The molecule has 0 aliphatic carbocycles. The van der Waals surface area contributed by atoms with Gasteiger partial charge in [0.05, 0.1) is 12.7 Å². The van der Waals surface area contributed by atoms with E-state index in [2.05, 4.69) is 61.8 Å². The lowest BCUT2D eigenvalue weighted by Gasteiger charge is -2.28. The topological polar surface area (TPSA) is 42.4 Å². The largest absolute Gasteiger partial charge is 0.389 e. The number of aliphatic hydroxyl groups is 1. The average molecular weight is 459 g/mol. The van der Waals surface area contributed by atoms with Gasteiger partial charge in [-0.05, 0) is 41.7 Å². The van der Waals surface area contributed by atoms with Crippen LogP contribution >= 0.6 is 0 Å². The summed E-state index contributed by atoms with van der Waals surface area (Å²) in [6, 6.07) is 0. The number of ether oxygens (including phenoxy) is 1. The molecule has 1 unspecified atom stereocenters. The Labute approximate surface area is 201 Å². The van der Waals surface area contributed by atoms with Crippen LogP contribution in [0, 0.1) is 0 Å². The summed E-state index contributed by atoms with van der Waals surface area (Å²) in [5, 5.41) is 10.5. The maximum absolute atomic E-state index is 10.5. The van der Waals surface area contributed by atoms with Crippen LogP contribution in [-0.4, -0.2) is 125 Å². The first kappa shape index (κ1) is 31.8. The van der Waals surface area contributed by atoms with Crippen molar-refractivity contribution in [2.75, 3.05) is 94.3 Å². The van der Waals surface area contributed by atoms with E-state index < -0.39 is 6.10 Å². The van der Waals surface area contributed by atoms with Crippen LogP contribution < -0.4 is 0 Å². The molecular weight excluding hydrogens is 400 g/mol. The Bertz CT molecular complexity index is 383. The molecule has 0 radical (unpaired) electrons. The van der Waals surface area contributed by atoms with Crippen LogP contribution in [-0.2, 0) is 4.74 Å². The van der Waals surface area contributed by atoms with Gasteiger partial charge in [0, 0.05) is 52.4 Å². The fraction of sp³-hybridized carbons (Fsp3) is 1.00. The minimum atomic E-state index is -0.410. The minimum absolute atomic E-state index is 0.410. The van der Waals surface area contributed by atoms with Crippen LogP contribution in [0.2, 0.25) is 0 Å². The summed E-state index contributed by atoms with van der Waals surface area (Å²) >= 11 is 0. The van der Waals surface area contributed by atoms with Crippen molar-refractivity contribution < 1.29 is 9.84 Å². The first-order chi connectivity index (χ1) is 15.3. The van der Waals surface area contributed by atoms with Crippen molar-refractivity contribution in [2.24, 2.45) is 0 Å². The zero-order valence-corrected chi connectivity index (χ0v) is 22.7. The molecule has 0 bridgehead atoms. The molecule has 0 aromatic carbocycles. The summed E-state index contributed by atoms with van der Waals surface area (Å²) in [6.45, 7) is 10.3. The second-order valence-corrected chi connectivity index (χ2v) is 10.1. The van der Waals surface area contributed by atoms with E-state index in [9.17, 15) is 5.11 Å². The van der Waals surface area contributed by atoms with E-state index in [4.69, 9.17) is 4.74 Å². The molecule has 6 heteroatoms.